The monoisotopic (exact) mass is 339 g/mol. The van der Waals surface area contributed by atoms with Crippen molar-refractivity contribution >= 4 is 0 Å². The lowest BCUT2D eigenvalue weighted by Gasteiger charge is -2.40. The van der Waals surface area contributed by atoms with Gasteiger partial charge in [0.05, 0.1) is 14.2 Å². The average molecular weight is 339 g/mol. The Bertz CT molecular complexity index is 877. The van der Waals surface area contributed by atoms with Gasteiger partial charge in [0.25, 0.3) is 0 Å². The molecule has 2 aliphatic heterocycles. The van der Waals surface area contributed by atoms with Crippen LogP contribution in [0.4, 0.5) is 0 Å². The number of fused-ring (bicyclic) bond motifs is 4. The molecule has 0 spiro atoms. The second-order valence-corrected chi connectivity index (χ2v) is 6.84. The van der Waals surface area contributed by atoms with Gasteiger partial charge in [-0.15, -0.1) is 0 Å². The van der Waals surface area contributed by atoms with Gasteiger partial charge in [0, 0.05) is 23.7 Å². The number of methoxy groups -OCH3 is 2. The summed E-state index contributed by atoms with van der Waals surface area (Å²) < 4.78 is 22.8. The fourth-order valence-corrected chi connectivity index (χ4v) is 4.52. The van der Waals surface area contributed by atoms with Crippen LogP contribution in [0.5, 0.6) is 23.0 Å². The lowest BCUT2D eigenvalue weighted by molar-refractivity contribution is 0.174. The first-order valence-corrected chi connectivity index (χ1v) is 8.62. The summed E-state index contributed by atoms with van der Waals surface area (Å²) in [6.07, 6.45) is 1.94. The quantitative estimate of drug-likeness (QED) is 0.840. The Morgan fingerprint density at radius 3 is 2.84 bits per heavy atom. The first-order chi connectivity index (χ1) is 12.2. The highest BCUT2D eigenvalue weighted by atomic mass is 16.7. The molecule has 0 fully saturated rings. The highest BCUT2D eigenvalue weighted by Crippen LogP contribution is 2.56. The lowest BCUT2D eigenvalue weighted by atomic mass is 9.76. The second kappa shape index (κ2) is 5.30. The fourth-order valence-electron chi connectivity index (χ4n) is 4.52. The van der Waals surface area contributed by atoms with Gasteiger partial charge < -0.3 is 18.9 Å². The molecule has 2 aromatic carbocycles. The van der Waals surface area contributed by atoms with Crippen molar-refractivity contribution in [2.75, 3.05) is 34.6 Å². The van der Waals surface area contributed by atoms with Crippen LogP contribution in [-0.4, -0.2) is 39.5 Å². The van der Waals surface area contributed by atoms with Crippen molar-refractivity contribution < 1.29 is 18.9 Å². The van der Waals surface area contributed by atoms with E-state index in [2.05, 4.69) is 24.1 Å². The molecule has 3 aliphatic rings. The van der Waals surface area contributed by atoms with Gasteiger partial charge in [0.2, 0.25) is 6.79 Å². The molecule has 0 bridgehead atoms. The smallest absolute Gasteiger partial charge is 0.231 e. The first kappa shape index (κ1) is 14.9. The predicted molar refractivity (Wildman–Crippen MR) is 93.9 cm³/mol. The number of hydrogen-bond acceptors (Lipinski definition) is 5. The van der Waals surface area contributed by atoms with Crippen LogP contribution in [-0.2, 0) is 12.8 Å². The minimum Gasteiger partial charge on any atom is -0.493 e. The van der Waals surface area contributed by atoms with Gasteiger partial charge in [-0.3, -0.25) is 4.90 Å². The van der Waals surface area contributed by atoms with Gasteiger partial charge in [-0.2, -0.15) is 0 Å². The Hall–Kier alpha value is -2.40. The van der Waals surface area contributed by atoms with Crippen LogP contribution >= 0.6 is 0 Å². The minimum atomic E-state index is 0.286. The normalized spacial score (nSPS) is 20.0. The van der Waals surface area contributed by atoms with Gasteiger partial charge in [-0.05, 0) is 54.8 Å². The molecule has 0 saturated carbocycles. The SMILES string of the molecule is COc1ccc2c(c1OC)C[C@H]1c3c(cc4c(c3-2)OCO4)CCN1C. The van der Waals surface area contributed by atoms with E-state index in [1.54, 1.807) is 14.2 Å². The number of rotatable bonds is 2. The third-order valence-corrected chi connectivity index (χ3v) is 5.70. The molecule has 1 atom stereocenters. The van der Waals surface area contributed by atoms with Crippen molar-refractivity contribution in [1.82, 2.24) is 4.90 Å². The van der Waals surface area contributed by atoms with E-state index in [1.807, 2.05) is 6.07 Å². The van der Waals surface area contributed by atoms with Crippen molar-refractivity contribution in [1.29, 1.82) is 0 Å². The number of benzene rings is 2. The summed E-state index contributed by atoms with van der Waals surface area (Å²) in [6.45, 7) is 1.33. The molecule has 5 heteroatoms. The Morgan fingerprint density at radius 1 is 1.16 bits per heavy atom. The number of ether oxygens (including phenoxy) is 4. The molecular formula is C20H21NO4. The Balaban J connectivity index is 1.85. The van der Waals surface area contributed by atoms with Gasteiger partial charge >= 0.3 is 0 Å². The summed E-state index contributed by atoms with van der Waals surface area (Å²) >= 11 is 0. The minimum absolute atomic E-state index is 0.286. The molecule has 1 aliphatic carbocycles. The molecule has 130 valence electrons. The van der Waals surface area contributed by atoms with Gasteiger partial charge in [-0.25, -0.2) is 0 Å². The third-order valence-electron chi connectivity index (χ3n) is 5.70. The van der Waals surface area contributed by atoms with Crippen LogP contribution in [0, 0.1) is 0 Å². The zero-order valence-corrected chi connectivity index (χ0v) is 14.7. The lowest BCUT2D eigenvalue weighted by Crippen LogP contribution is -2.35. The summed E-state index contributed by atoms with van der Waals surface area (Å²) in [5.74, 6) is 3.32. The van der Waals surface area contributed by atoms with Crippen LogP contribution in [0.3, 0.4) is 0 Å². The van der Waals surface area contributed by atoms with E-state index in [0.717, 1.165) is 42.4 Å². The highest BCUT2D eigenvalue weighted by Gasteiger charge is 2.39. The van der Waals surface area contributed by atoms with Crippen molar-refractivity contribution in [2.24, 2.45) is 0 Å². The Labute approximate surface area is 147 Å². The zero-order chi connectivity index (χ0) is 17.1. The van der Waals surface area contributed by atoms with Crippen LogP contribution in [0.1, 0.15) is 22.7 Å². The maximum atomic E-state index is 5.88. The summed E-state index contributed by atoms with van der Waals surface area (Å²) in [6, 6.07) is 6.60. The number of hydrogen-bond donors (Lipinski definition) is 0. The van der Waals surface area contributed by atoms with E-state index in [-0.39, 0.29) is 6.79 Å². The predicted octanol–water partition coefficient (Wildman–Crippen LogP) is 3.18. The van der Waals surface area contributed by atoms with Crippen LogP contribution in [0.25, 0.3) is 11.1 Å². The molecule has 2 aromatic rings. The molecule has 2 heterocycles. The maximum absolute atomic E-state index is 5.88. The van der Waals surface area contributed by atoms with E-state index in [4.69, 9.17) is 18.9 Å². The Kier molecular flexibility index (Phi) is 3.16. The maximum Gasteiger partial charge on any atom is 0.231 e. The first-order valence-electron chi connectivity index (χ1n) is 8.62. The van der Waals surface area contributed by atoms with E-state index >= 15 is 0 Å². The highest BCUT2D eigenvalue weighted by molar-refractivity contribution is 5.86. The van der Waals surface area contributed by atoms with Crippen molar-refractivity contribution in [2.45, 2.75) is 18.9 Å². The Morgan fingerprint density at radius 2 is 2.04 bits per heavy atom. The summed E-state index contributed by atoms with van der Waals surface area (Å²) in [7, 11) is 5.58. The van der Waals surface area contributed by atoms with Crippen LogP contribution in [0.2, 0.25) is 0 Å². The summed E-state index contributed by atoms with van der Waals surface area (Å²) in [5, 5.41) is 0. The van der Waals surface area contributed by atoms with Crippen molar-refractivity contribution in [3.8, 4) is 34.1 Å². The molecule has 0 radical (unpaired) electrons. The standard InChI is InChI=1S/C20H21NO4/c1-21-7-6-11-8-16-20(25-10-24-16)18-12-4-5-15(22-2)19(23-3)13(12)9-14(21)17(11)18/h4-5,8,14H,6-7,9-10H2,1-3H3/t14-/m0/s1. The second-order valence-electron chi connectivity index (χ2n) is 6.84. The number of nitrogens with zero attached hydrogens (tertiary/aromatic N) is 1. The van der Waals surface area contributed by atoms with Gasteiger partial charge in [-0.1, -0.05) is 0 Å². The zero-order valence-electron chi connectivity index (χ0n) is 14.7. The molecule has 25 heavy (non-hydrogen) atoms. The molecule has 0 aromatic heterocycles. The fraction of sp³-hybridized carbons (Fsp3) is 0.400. The van der Waals surface area contributed by atoms with Crippen LogP contribution in [0.15, 0.2) is 18.2 Å². The topological polar surface area (TPSA) is 40.2 Å². The van der Waals surface area contributed by atoms with Gasteiger partial charge in [0.15, 0.2) is 23.0 Å². The molecule has 0 saturated heterocycles. The van der Waals surface area contributed by atoms with E-state index < -0.39 is 0 Å². The average Bonchev–Trinajstić information content (AvgIpc) is 3.11. The molecule has 0 amide bonds. The summed E-state index contributed by atoms with van der Waals surface area (Å²) in [5.41, 5.74) is 6.29. The van der Waals surface area contributed by atoms with E-state index in [1.165, 1.54) is 27.8 Å². The molecule has 0 unspecified atom stereocenters. The van der Waals surface area contributed by atoms with Crippen LogP contribution < -0.4 is 18.9 Å². The van der Waals surface area contributed by atoms with E-state index in [0.29, 0.717) is 6.04 Å². The van der Waals surface area contributed by atoms with Gasteiger partial charge in [0.1, 0.15) is 0 Å². The van der Waals surface area contributed by atoms with E-state index in [9.17, 15) is 0 Å². The van der Waals surface area contributed by atoms with Crippen molar-refractivity contribution in [3.63, 3.8) is 0 Å². The molecule has 5 rings (SSSR count). The van der Waals surface area contributed by atoms with Crippen molar-refractivity contribution in [3.05, 3.63) is 34.9 Å². The molecule has 5 nitrogen and oxygen atoms in total. The molecular weight excluding hydrogens is 318 g/mol. The third kappa shape index (κ3) is 1.93. The summed E-state index contributed by atoms with van der Waals surface area (Å²) in [4.78, 5) is 2.43. The largest absolute Gasteiger partial charge is 0.493 e. The number of likely N-dealkylation sites (N-methyl/N-ethyl adjacent to an activating group) is 1. The molecule has 0 N–H and O–H groups in total.